The van der Waals surface area contributed by atoms with Crippen LogP contribution in [0.25, 0.3) is 23.0 Å². The highest BCUT2D eigenvalue weighted by Gasteiger charge is 2.33. The summed E-state index contributed by atoms with van der Waals surface area (Å²) in [5, 5.41) is 5.47. The summed E-state index contributed by atoms with van der Waals surface area (Å²) in [6.45, 7) is 5.85. The van der Waals surface area contributed by atoms with Gasteiger partial charge in [-0.05, 0) is 60.9 Å². The first kappa shape index (κ1) is 31.9. The highest BCUT2D eigenvalue weighted by atomic mass is 35.5. The van der Waals surface area contributed by atoms with E-state index in [0.29, 0.717) is 42.4 Å². The van der Waals surface area contributed by atoms with Gasteiger partial charge in [0.1, 0.15) is 5.69 Å². The Morgan fingerprint density at radius 3 is 2.36 bits per heavy atom. The van der Waals surface area contributed by atoms with Crippen molar-refractivity contribution < 1.29 is 19.1 Å². The van der Waals surface area contributed by atoms with E-state index in [9.17, 15) is 14.4 Å². The van der Waals surface area contributed by atoms with Crippen LogP contribution in [-0.4, -0.2) is 40.0 Å². The zero-order chi connectivity index (χ0) is 33.2. The van der Waals surface area contributed by atoms with Crippen LogP contribution in [0.3, 0.4) is 0 Å². The smallest absolute Gasteiger partial charge is 0.338 e. The average molecular weight is 667 g/mol. The number of fused-ring (bicyclic) bond motifs is 1. The number of benzene rings is 3. The summed E-state index contributed by atoms with van der Waals surface area (Å²) in [5.41, 5.74) is 4.42. The molecule has 6 rings (SSSR count). The van der Waals surface area contributed by atoms with E-state index in [0.717, 1.165) is 11.3 Å². The van der Waals surface area contributed by atoms with Crippen molar-refractivity contribution in [1.29, 1.82) is 0 Å². The Hall–Kier alpha value is -5.06. The second kappa shape index (κ2) is 13.4. The van der Waals surface area contributed by atoms with E-state index in [4.69, 9.17) is 31.2 Å². The van der Waals surface area contributed by atoms with Crippen molar-refractivity contribution in [2.75, 3.05) is 13.7 Å². The molecule has 9 nitrogen and oxygen atoms in total. The van der Waals surface area contributed by atoms with Crippen LogP contribution in [0.2, 0.25) is 5.02 Å². The fraction of sp³-hybridized carbons (Fsp3) is 0.194. The number of thiazole rings is 1. The number of carbonyl (C=O) groups is 2. The maximum absolute atomic E-state index is 14.3. The number of allylic oxidation sites excluding steroid dienone is 1. The summed E-state index contributed by atoms with van der Waals surface area (Å²) in [6.07, 6.45) is 3.67. The van der Waals surface area contributed by atoms with E-state index in [1.807, 2.05) is 62.5 Å². The fourth-order valence-electron chi connectivity index (χ4n) is 5.32. The Bertz CT molecular complexity index is 2180. The third-order valence-corrected chi connectivity index (χ3v) is 8.84. The third kappa shape index (κ3) is 6.47. The molecule has 0 N–H and O–H groups in total. The van der Waals surface area contributed by atoms with Gasteiger partial charge in [-0.25, -0.2) is 19.3 Å². The highest BCUT2D eigenvalue weighted by molar-refractivity contribution is 7.07. The number of methoxy groups -OCH3 is 1. The summed E-state index contributed by atoms with van der Waals surface area (Å²) in [5.74, 6) is -0.924. The zero-order valence-corrected chi connectivity index (χ0v) is 27.7. The number of carbonyl (C=O) groups excluding carboxylic acids is 2. The van der Waals surface area contributed by atoms with Crippen molar-refractivity contribution in [2.45, 2.75) is 26.8 Å². The summed E-state index contributed by atoms with van der Waals surface area (Å²) >= 11 is 7.40. The Labute approximate surface area is 279 Å². The molecule has 2 aromatic heterocycles. The van der Waals surface area contributed by atoms with Crippen LogP contribution in [0, 0.1) is 5.92 Å². The first-order valence-corrected chi connectivity index (χ1v) is 16.1. The second-order valence-electron chi connectivity index (χ2n) is 11.4. The lowest BCUT2D eigenvalue weighted by molar-refractivity contribution is -0.140. The van der Waals surface area contributed by atoms with Crippen LogP contribution >= 0.6 is 22.9 Å². The monoisotopic (exact) mass is 666 g/mol. The third-order valence-electron chi connectivity index (χ3n) is 7.60. The van der Waals surface area contributed by atoms with Gasteiger partial charge in [0.05, 0.1) is 46.8 Å². The van der Waals surface area contributed by atoms with Crippen molar-refractivity contribution in [3.63, 3.8) is 0 Å². The van der Waals surface area contributed by atoms with Gasteiger partial charge in [-0.3, -0.25) is 9.36 Å². The normalized spacial score (nSPS) is 14.6. The molecule has 3 aromatic carbocycles. The standard InChI is InChI=1S/C36H31ClN4O5S/c1-21(2)20-46-35(44)30-22(3)38-36-41(32(30)24-10-12-25(13-11-24)34(43)45-4)33(42)29(47-36)18-26-19-40(28-8-6-5-7-9-28)39-31(26)23-14-16-27(37)17-15-23/h5-19,21,32H,20H2,1-4H3. The zero-order valence-electron chi connectivity index (χ0n) is 26.1. The van der Waals surface area contributed by atoms with Crippen LogP contribution in [0.15, 0.2) is 106 Å². The van der Waals surface area contributed by atoms with Gasteiger partial charge in [0, 0.05) is 22.3 Å². The molecule has 1 atom stereocenters. The topological polar surface area (TPSA) is 105 Å². The number of esters is 2. The first-order chi connectivity index (χ1) is 22.6. The van der Waals surface area contributed by atoms with E-state index in [-0.39, 0.29) is 23.7 Å². The van der Waals surface area contributed by atoms with Crippen molar-refractivity contribution in [3.05, 3.63) is 138 Å². The molecule has 238 valence electrons. The Morgan fingerprint density at radius 1 is 1.00 bits per heavy atom. The summed E-state index contributed by atoms with van der Waals surface area (Å²) in [6, 6.07) is 22.9. The number of aromatic nitrogens is 3. The number of hydrogen-bond donors (Lipinski definition) is 0. The van der Waals surface area contributed by atoms with Crippen LogP contribution in [0.4, 0.5) is 0 Å². The molecule has 0 saturated carbocycles. The molecule has 1 aliphatic heterocycles. The number of para-hydroxylation sites is 1. The maximum Gasteiger partial charge on any atom is 0.338 e. The predicted molar refractivity (Wildman–Crippen MR) is 181 cm³/mol. The van der Waals surface area contributed by atoms with E-state index in [2.05, 4.69) is 0 Å². The number of rotatable bonds is 8. The maximum atomic E-state index is 14.3. The van der Waals surface area contributed by atoms with Gasteiger partial charge < -0.3 is 9.47 Å². The van der Waals surface area contributed by atoms with Gasteiger partial charge in [0.2, 0.25) is 0 Å². The summed E-state index contributed by atoms with van der Waals surface area (Å²) in [4.78, 5) is 45.2. The molecule has 3 heterocycles. The molecule has 5 aromatic rings. The Morgan fingerprint density at radius 2 is 1.70 bits per heavy atom. The van der Waals surface area contributed by atoms with E-state index in [1.54, 1.807) is 54.1 Å². The molecule has 0 bridgehead atoms. The quantitative estimate of drug-likeness (QED) is 0.196. The molecule has 47 heavy (non-hydrogen) atoms. The molecular formula is C36H31ClN4O5S. The molecule has 0 radical (unpaired) electrons. The van der Waals surface area contributed by atoms with Gasteiger partial charge in [-0.1, -0.05) is 79.2 Å². The number of ether oxygens (including phenoxy) is 2. The number of nitrogens with zero attached hydrogens (tertiary/aromatic N) is 4. The molecule has 0 fully saturated rings. The molecular weight excluding hydrogens is 636 g/mol. The number of halogens is 1. The lowest BCUT2D eigenvalue weighted by Gasteiger charge is -2.25. The van der Waals surface area contributed by atoms with Crippen LogP contribution in [0.5, 0.6) is 0 Å². The van der Waals surface area contributed by atoms with Gasteiger partial charge in [0.25, 0.3) is 5.56 Å². The summed E-state index contributed by atoms with van der Waals surface area (Å²) < 4.78 is 14.2. The van der Waals surface area contributed by atoms with Gasteiger partial charge in [-0.15, -0.1) is 0 Å². The van der Waals surface area contributed by atoms with Crippen LogP contribution < -0.4 is 14.9 Å². The summed E-state index contributed by atoms with van der Waals surface area (Å²) in [7, 11) is 1.31. The molecule has 0 spiro atoms. The fourth-order valence-corrected chi connectivity index (χ4v) is 6.48. The minimum atomic E-state index is -0.831. The van der Waals surface area contributed by atoms with Crippen LogP contribution in [-0.2, 0) is 14.3 Å². The van der Waals surface area contributed by atoms with Crippen LogP contribution in [0.1, 0.15) is 48.3 Å². The lowest BCUT2D eigenvalue weighted by Crippen LogP contribution is -2.40. The van der Waals surface area contributed by atoms with Crippen molar-refractivity contribution in [1.82, 2.24) is 14.3 Å². The Kier molecular flexibility index (Phi) is 9.06. The highest BCUT2D eigenvalue weighted by Crippen LogP contribution is 2.31. The van der Waals surface area contributed by atoms with E-state index in [1.165, 1.54) is 23.0 Å². The minimum absolute atomic E-state index is 0.116. The van der Waals surface area contributed by atoms with E-state index >= 15 is 0 Å². The molecule has 0 amide bonds. The van der Waals surface area contributed by atoms with Gasteiger partial charge >= 0.3 is 11.9 Å². The molecule has 11 heteroatoms. The number of hydrogen-bond acceptors (Lipinski definition) is 8. The van der Waals surface area contributed by atoms with Gasteiger partial charge in [0.15, 0.2) is 4.80 Å². The average Bonchev–Trinajstić information content (AvgIpc) is 3.63. The largest absolute Gasteiger partial charge is 0.465 e. The van der Waals surface area contributed by atoms with Crippen molar-refractivity contribution in [2.24, 2.45) is 10.9 Å². The molecule has 1 unspecified atom stereocenters. The predicted octanol–water partition coefficient (Wildman–Crippen LogP) is 5.73. The van der Waals surface area contributed by atoms with Crippen molar-refractivity contribution in [3.8, 4) is 16.9 Å². The van der Waals surface area contributed by atoms with Crippen molar-refractivity contribution >= 4 is 41.0 Å². The van der Waals surface area contributed by atoms with E-state index < -0.39 is 18.0 Å². The van der Waals surface area contributed by atoms with Gasteiger partial charge in [-0.2, -0.15) is 5.10 Å². The Balaban J connectivity index is 1.52. The molecule has 0 saturated heterocycles. The minimum Gasteiger partial charge on any atom is -0.465 e. The first-order valence-electron chi connectivity index (χ1n) is 14.9. The lowest BCUT2D eigenvalue weighted by atomic mass is 9.95. The molecule has 0 aliphatic carbocycles. The molecule has 1 aliphatic rings. The second-order valence-corrected chi connectivity index (χ2v) is 12.9. The SMILES string of the molecule is COC(=O)c1ccc(C2C(C(=O)OCC(C)C)=C(C)N=c3sc(=Cc4cn(-c5ccccc5)nc4-c4ccc(Cl)cc4)c(=O)n32)cc1.